The number of likely N-dealkylation sites (N-methyl/N-ethyl adjacent to an activating group) is 1. The fraction of sp³-hybridized carbons (Fsp3) is 1.00. The maximum atomic E-state index is 5.88. The zero-order chi connectivity index (χ0) is 17.9. The van der Waals surface area contributed by atoms with E-state index >= 15 is 0 Å². The molecule has 0 aromatic rings. The van der Waals surface area contributed by atoms with Gasteiger partial charge in [-0.3, -0.25) is 4.90 Å². The number of hydrogen-bond acceptors (Lipinski definition) is 5. The molecule has 0 bridgehead atoms. The Morgan fingerprint density at radius 3 is 2.44 bits per heavy atom. The molecule has 0 aromatic heterocycles. The molecule has 0 spiro atoms. The molecule has 0 aromatic carbocycles. The predicted octanol–water partition coefficient (Wildman–Crippen LogP) is 2.17. The van der Waals surface area contributed by atoms with Gasteiger partial charge >= 0.3 is 0 Å². The van der Waals surface area contributed by atoms with Gasteiger partial charge in [0.15, 0.2) is 0 Å². The van der Waals surface area contributed by atoms with Crippen molar-refractivity contribution >= 4 is 0 Å². The zero-order valence-corrected chi connectivity index (χ0v) is 16.9. The van der Waals surface area contributed by atoms with E-state index in [2.05, 4.69) is 35.6 Å². The SMILES string of the molecule is CC(C)OCCN1CCCC(CCCOCCN2CCN(C)CC2)C1. The van der Waals surface area contributed by atoms with Crippen LogP contribution in [0.25, 0.3) is 0 Å². The van der Waals surface area contributed by atoms with Crippen LogP contribution in [0.4, 0.5) is 0 Å². The average molecular weight is 356 g/mol. The van der Waals surface area contributed by atoms with E-state index < -0.39 is 0 Å². The van der Waals surface area contributed by atoms with Gasteiger partial charge in [0.05, 0.1) is 19.3 Å². The summed E-state index contributed by atoms with van der Waals surface area (Å²) in [4.78, 5) is 7.52. The lowest BCUT2D eigenvalue weighted by Gasteiger charge is -2.33. The van der Waals surface area contributed by atoms with Crippen LogP contribution in [-0.2, 0) is 9.47 Å². The normalized spacial score (nSPS) is 24.2. The molecule has 0 amide bonds. The standard InChI is InChI=1S/C20H41N3O2/c1-19(2)25-17-14-23-8-4-6-20(18-23)7-5-15-24-16-13-22-11-9-21(3)10-12-22/h19-20H,4-18H2,1-3H3. The molecule has 2 rings (SSSR count). The molecule has 1 atom stereocenters. The van der Waals surface area contributed by atoms with Gasteiger partial charge in [-0.1, -0.05) is 0 Å². The summed E-state index contributed by atoms with van der Waals surface area (Å²) in [6.45, 7) is 16.4. The molecule has 5 nitrogen and oxygen atoms in total. The summed E-state index contributed by atoms with van der Waals surface area (Å²) in [7, 11) is 2.21. The second kappa shape index (κ2) is 12.2. The molecule has 2 aliphatic heterocycles. The lowest BCUT2D eigenvalue weighted by Crippen LogP contribution is -2.45. The van der Waals surface area contributed by atoms with E-state index in [1.54, 1.807) is 0 Å². The number of nitrogens with zero attached hydrogens (tertiary/aromatic N) is 3. The first-order chi connectivity index (χ1) is 12.1. The largest absolute Gasteiger partial charge is 0.380 e. The van der Waals surface area contributed by atoms with Gasteiger partial charge in [0.1, 0.15) is 0 Å². The summed E-state index contributed by atoms with van der Waals surface area (Å²) < 4.78 is 11.6. The highest BCUT2D eigenvalue weighted by molar-refractivity contribution is 4.73. The summed E-state index contributed by atoms with van der Waals surface area (Å²) >= 11 is 0. The summed E-state index contributed by atoms with van der Waals surface area (Å²) in [6, 6.07) is 0. The maximum absolute atomic E-state index is 5.88. The van der Waals surface area contributed by atoms with Crippen LogP contribution >= 0.6 is 0 Å². The van der Waals surface area contributed by atoms with Crippen LogP contribution in [0, 0.1) is 5.92 Å². The molecule has 148 valence electrons. The summed E-state index contributed by atoms with van der Waals surface area (Å²) in [5.41, 5.74) is 0. The first kappa shape index (κ1) is 21.1. The second-order valence-electron chi connectivity index (χ2n) is 8.13. The van der Waals surface area contributed by atoms with Crippen LogP contribution in [0.2, 0.25) is 0 Å². The van der Waals surface area contributed by atoms with Crippen LogP contribution < -0.4 is 0 Å². The van der Waals surface area contributed by atoms with Crippen LogP contribution in [0.15, 0.2) is 0 Å². The van der Waals surface area contributed by atoms with E-state index in [0.29, 0.717) is 6.10 Å². The molecule has 0 N–H and O–H groups in total. The minimum Gasteiger partial charge on any atom is -0.380 e. The third-order valence-electron chi connectivity index (χ3n) is 5.51. The quantitative estimate of drug-likeness (QED) is 0.530. The molecule has 2 fully saturated rings. The summed E-state index contributed by atoms with van der Waals surface area (Å²) in [5.74, 6) is 0.856. The molecular formula is C20H41N3O2. The van der Waals surface area contributed by atoms with Gasteiger partial charge < -0.3 is 19.3 Å². The summed E-state index contributed by atoms with van der Waals surface area (Å²) in [6.07, 6.45) is 5.61. The van der Waals surface area contributed by atoms with Crippen LogP contribution in [-0.4, -0.2) is 100 Å². The Hall–Kier alpha value is -0.200. The minimum atomic E-state index is 0.351. The Morgan fingerprint density at radius 1 is 0.920 bits per heavy atom. The Kier molecular flexibility index (Phi) is 10.3. The number of piperidine rings is 1. The molecule has 2 heterocycles. The molecule has 0 radical (unpaired) electrons. The van der Waals surface area contributed by atoms with Crippen molar-refractivity contribution in [3.8, 4) is 0 Å². The third kappa shape index (κ3) is 9.34. The van der Waals surface area contributed by atoms with Gasteiger partial charge in [-0.25, -0.2) is 0 Å². The molecule has 1 unspecified atom stereocenters. The van der Waals surface area contributed by atoms with Crippen LogP contribution in [0.1, 0.15) is 39.5 Å². The lowest BCUT2D eigenvalue weighted by molar-refractivity contribution is 0.0459. The van der Waals surface area contributed by atoms with E-state index in [4.69, 9.17) is 9.47 Å². The Balaban J connectivity index is 1.44. The van der Waals surface area contributed by atoms with E-state index in [1.807, 2.05) is 0 Å². The highest BCUT2D eigenvalue weighted by atomic mass is 16.5. The smallest absolute Gasteiger partial charge is 0.0596 e. The van der Waals surface area contributed by atoms with Gasteiger partial charge in [-0.05, 0) is 59.0 Å². The molecule has 25 heavy (non-hydrogen) atoms. The molecule has 2 aliphatic rings. The van der Waals surface area contributed by atoms with Crippen LogP contribution in [0.5, 0.6) is 0 Å². The fourth-order valence-electron chi connectivity index (χ4n) is 3.85. The maximum Gasteiger partial charge on any atom is 0.0596 e. The number of ether oxygens (including phenoxy) is 2. The van der Waals surface area contributed by atoms with Crippen molar-refractivity contribution in [2.75, 3.05) is 79.2 Å². The van der Waals surface area contributed by atoms with Crippen molar-refractivity contribution in [2.45, 2.75) is 45.6 Å². The highest BCUT2D eigenvalue weighted by Gasteiger charge is 2.19. The van der Waals surface area contributed by atoms with Gasteiger partial charge in [-0.15, -0.1) is 0 Å². The number of likely N-dealkylation sites (tertiary alicyclic amines) is 1. The lowest BCUT2D eigenvalue weighted by atomic mass is 9.93. The average Bonchev–Trinajstić information content (AvgIpc) is 2.59. The zero-order valence-electron chi connectivity index (χ0n) is 16.9. The van der Waals surface area contributed by atoms with Crippen molar-refractivity contribution in [1.29, 1.82) is 0 Å². The molecular weight excluding hydrogens is 314 g/mol. The van der Waals surface area contributed by atoms with Crippen molar-refractivity contribution in [3.05, 3.63) is 0 Å². The monoisotopic (exact) mass is 355 g/mol. The van der Waals surface area contributed by atoms with Gasteiger partial charge in [0.25, 0.3) is 0 Å². The van der Waals surface area contributed by atoms with E-state index in [1.165, 1.54) is 65.0 Å². The number of rotatable bonds is 11. The number of piperazine rings is 1. The Labute approximate surface area is 155 Å². The first-order valence-electron chi connectivity index (χ1n) is 10.5. The molecule has 0 aliphatic carbocycles. The highest BCUT2D eigenvalue weighted by Crippen LogP contribution is 2.20. The van der Waals surface area contributed by atoms with Crippen LogP contribution in [0.3, 0.4) is 0 Å². The summed E-state index contributed by atoms with van der Waals surface area (Å²) in [5, 5.41) is 0. The Bertz CT molecular complexity index is 333. The van der Waals surface area contributed by atoms with Gasteiger partial charge in [0, 0.05) is 52.4 Å². The topological polar surface area (TPSA) is 28.2 Å². The van der Waals surface area contributed by atoms with Gasteiger partial charge in [-0.2, -0.15) is 0 Å². The second-order valence-corrected chi connectivity index (χ2v) is 8.13. The van der Waals surface area contributed by atoms with Crippen molar-refractivity contribution in [1.82, 2.24) is 14.7 Å². The predicted molar refractivity (Wildman–Crippen MR) is 104 cm³/mol. The Morgan fingerprint density at radius 2 is 1.68 bits per heavy atom. The molecule has 2 saturated heterocycles. The van der Waals surface area contributed by atoms with Crippen molar-refractivity contribution in [3.63, 3.8) is 0 Å². The third-order valence-corrected chi connectivity index (χ3v) is 5.51. The minimum absolute atomic E-state index is 0.351. The van der Waals surface area contributed by atoms with E-state index in [-0.39, 0.29) is 0 Å². The van der Waals surface area contributed by atoms with Gasteiger partial charge in [0.2, 0.25) is 0 Å². The fourth-order valence-corrected chi connectivity index (χ4v) is 3.85. The molecule has 5 heteroatoms. The molecule has 0 saturated carbocycles. The van der Waals surface area contributed by atoms with Crippen molar-refractivity contribution < 1.29 is 9.47 Å². The number of hydrogen-bond donors (Lipinski definition) is 0. The van der Waals surface area contributed by atoms with E-state index in [9.17, 15) is 0 Å². The van der Waals surface area contributed by atoms with Crippen molar-refractivity contribution in [2.24, 2.45) is 5.92 Å². The first-order valence-corrected chi connectivity index (χ1v) is 10.5. The van der Waals surface area contributed by atoms with E-state index in [0.717, 1.165) is 38.8 Å².